The Labute approximate surface area is 161 Å². The number of ether oxygens (including phenoxy) is 4. The number of halogens is 2. The number of methoxy groups -OCH3 is 3. The molecular formula is C18H19Cl2NO5. The van der Waals surface area contributed by atoms with Gasteiger partial charge in [0.25, 0.3) is 0 Å². The molecule has 0 radical (unpaired) electrons. The Morgan fingerprint density at radius 3 is 2.27 bits per heavy atom. The van der Waals surface area contributed by atoms with Crippen molar-refractivity contribution >= 4 is 29.0 Å². The maximum atomic E-state index is 12.8. The number of carbonyl (C=O) groups is 1. The van der Waals surface area contributed by atoms with Crippen molar-refractivity contribution in [2.75, 3.05) is 34.5 Å². The number of rotatable bonds is 9. The molecule has 1 heterocycles. The second-order valence-corrected chi connectivity index (χ2v) is 6.02. The van der Waals surface area contributed by atoms with Gasteiger partial charge in [0, 0.05) is 31.5 Å². The Morgan fingerprint density at radius 2 is 1.69 bits per heavy atom. The highest BCUT2D eigenvalue weighted by Gasteiger charge is 2.22. The first-order valence-electron chi connectivity index (χ1n) is 7.71. The molecule has 0 spiro atoms. The van der Waals surface area contributed by atoms with Crippen molar-refractivity contribution in [3.05, 3.63) is 45.7 Å². The summed E-state index contributed by atoms with van der Waals surface area (Å²) in [4.78, 5) is 16.7. The van der Waals surface area contributed by atoms with Crippen LogP contribution in [0.3, 0.4) is 0 Å². The maximum Gasteiger partial charge on any atom is 0.204 e. The van der Waals surface area contributed by atoms with Gasteiger partial charge in [0.1, 0.15) is 6.61 Å². The van der Waals surface area contributed by atoms with E-state index >= 15 is 0 Å². The Morgan fingerprint density at radius 1 is 1.00 bits per heavy atom. The molecule has 0 N–H and O–H groups in total. The van der Waals surface area contributed by atoms with Crippen LogP contribution in [0, 0.1) is 0 Å². The first-order chi connectivity index (χ1) is 12.5. The Balaban J connectivity index is 2.38. The molecule has 0 aliphatic rings. The van der Waals surface area contributed by atoms with E-state index in [4.69, 9.17) is 42.1 Å². The highest BCUT2D eigenvalue weighted by Crippen LogP contribution is 2.40. The van der Waals surface area contributed by atoms with E-state index in [2.05, 4.69) is 4.98 Å². The van der Waals surface area contributed by atoms with Gasteiger partial charge in [0.05, 0.1) is 36.4 Å². The Kier molecular flexibility index (Phi) is 7.50. The van der Waals surface area contributed by atoms with Gasteiger partial charge in [-0.05, 0) is 12.1 Å². The molecular weight excluding hydrogens is 381 g/mol. The molecule has 0 fully saturated rings. The van der Waals surface area contributed by atoms with Crippen LogP contribution < -0.4 is 14.2 Å². The lowest BCUT2D eigenvalue weighted by Gasteiger charge is -2.17. The number of Topliss-reactive ketones (excluding diaryl/α,β-unsaturated/α-hetero) is 1. The number of hydrogen-bond acceptors (Lipinski definition) is 6. The molecule has 0 amide bonds. The largest absolute Gasteiger partial charge is 0.493 e. The van der Waals surface area contributed by atoms with E-state index in [0.29, 0.717) is 39.3 Å². The molecule has 0 bridgehead atoms. The summed E-state index contributed by atoms with van der Waals surface area (Å²) in [5.74, 6) is 0.849. The third-order valence-corrected chi connectivity index (χ3v) is 4.28. The molecule has 0 atom stereocenters. The van der Waals surface area contributed by atoms with Crippen LogP contribution in [-0.2, 0) is 11.2 Å². The minimum atomic E-state index is -0.226. The van der Waals surface area contributed by atoms with Crippen LogP contribution in [0.15, 0.2) is 24.5 Å². The summed E-state index contributed by atoms with van der Waals surface area (Å²) in [6.45, 7) is 0.662. The van der Waals surface area contributed by atoms with E-state index in [1.54, 1.807) is 19.2 Å². The second kappa shape index (κ2) is 9.62. The Bertz CT molecular complexity index is 762. The van der Waals surface area contributed by atoms with Gasteiger partial charge in [-0.2, -0.15) is 0 Å². The van der Waals surface area contributed by atoms with Crippen LogP contribution in [0.2, 0.25) is 10.0 Å². The quantitative estimate of drug-likeness (QED) is 0.471. The minimum Gasteiger partial charge on any atom is -0.493 e. The third kappa shape index (κ3) is 4.58. The lowest BCUT2D eigenvalue weighted by molar-refractivity contribution is 0.0988. The van der Waals surface area contributed by atoms with E-state index in [9.17, 15) is 4.79 Å². The van der Waals surface area contributed by atoms with Crippen LogP contribution in [0.4, 0.5) is 0 Å². The van der Waals surface area contributed by atoms with Gasteiger partial charge in [-0.15, -0.1) is 0 Å². The molecule has 0 aliphatic carbocycles. The van der Waals surface area contributed by atoms with Crippen molar-refractivity contribution in [1.29, 1.82) is 0 Å². The predicted molar refractivity (Wildman–Crippen MR) is 99.2 cm³/mol. The zero-order valence-electron chi connectivity index (χ0n) is 14.7. The molecule has 0 saturated heterocycles. The monoisotopic (exact) mass is 399 g/mol. The van der Waals surface area contributed by atoms with Crippen molar-refractivity contribution in [1.82, 2.24) is 4.98 Å². The lowest BCUT2D eigenvalue weighted by Crippen LogP contribution is -2.11. The number of aromatic nitrogens is 1. The minimum absolute atomic E-state index is 0.000384. The average molecular weight is 400 g/mol. The average Bonchev–Trinajstić information content (AvgIpc) is 2.64. The van der Waals surface area contributed by atoms with Crippen LogP contribution in [0.5, 0.6) is 17.2 Å². The van der Waals surface area contributed by atoms with Crippen molar-refractivity contribution in [3.63, 3.8) is 0 Å². The fraction of sp³-hybridized carbons (Fsp3) is 0.333. The lowest BCUT2D eigenvalue weighted by atomic mass is 10.0. The van der Waals surface area contributed by atoms with E-state index in [0.717, 1.165) is 0 Å². The molecule has 2 aromatic rings. The molecule has 1 aromatic heterocycles. The highest BCUT2D eigenvalue weighted by atomic mass is 35.5. The fourth-order valence-corrected chi connectivity index (χ4v) is 2.85. The number of ketones is 1. The van der Waals surface area contributed by atoms with Crippen LogP contribution in [0.25, 0.3) is 0 Å². The van der Waals surface area contributed by atoms with Gasteiger partial charge >= 0.3 is 0 Å². The van der Waals surface area contributed by atoms with Crippen LogP contribution >= 0.6 is 23.2 Å². The molecule has 6 nitrogen and oxygen atoms in total. The molecule has 26 heavy (non-hydrogen) atoms. The predicted octanol–water partition coefficient (Wildman–Crippen LogP) is 3.86. The first-order valence-corrected chi connectivity index (χ1v) is 8.46. The molecule has 1 aromatic carbocycles. The van der Waals surface area contributed by atoms with Crippen molar-refractivity contribution < 1.29 is 23.7 Å². The van der Waals surface area contributed by atoms with Gasteiger partial charge in [0.15, 0.2) is 17.3 Å². The summed E-state index contributed by atoms with van der Waals surface area (Å²) in [7, 11) is 4.54. The number of nitrogens with zero attached hydrogens (tertiary/aromatic N) is 1. The summed E-state index contributed by atoms with van der Waals surface area (Å²) in [6.07, 6.45) is 2.89. The van der Waals surface area contributed by atoms with Gasteiger partial charge in [0.2, 0.25) is 5.75 Å². The summed E-state index contributed by atoms with van der Waals surface area (Å²) < 4.78 is 21.4. The van der Waals surface area contributed by atoms with Crippen molar-refractivity contribution in [2.24, 2.45) is 0 Å². The van der Waals surface area contributed by atoms with Crippen molar-refractivity contribution in [2.45, 2.75) is 6.42 Å². The van der Waals surface area contributed by atoms with E-state index in [1.165, 1.54) is 26.6 Å². The molecule has 140 valence electrons. The van der Waals surface area contributed by atoms with Crippen LogP contribution in [-0.4, -0.2) is 45.3 Å². The molecule has 0 aliphatic heterocycles. The second-order valence-electron chi connectivity index (χ2n) is 5.20. The molecule has 0 unspecified atom stereocenters. The molecule has 0 saturated carbocycles. The zero-order chi connectivity index (χ0) is 19.1. The summed E-state index contributed by atoms with van der Waals surface area (Å²) >= 11 is 12.2. The van der Waals surface area contributed by atoms with Gasteiger partial charge in [-0.25, -0.2) is 0 Å². The number of hydrogen-bond donors (Lipinski definition) is 0. The van der Waals surface area contributed by atoms with E-state index < -0.39 is 0 Å². The topological polar surface area (TPSA) is 66.9 Å². The van der Waals surface area contributed by atoms with Gasteiger partial charge in [-0.1, -0.05) is 23.2 Å². The zero-order valence-corrected chi connectivity index (χ0v) is 16.2. The van der Waals surface area contributed by atoms with Crippen LogP contribution in [0.1, 0.15) is 15.9 Å². The number of benzene rings is 1. The summed E-state index contributed by atoms with van der Waals surface area (Å²) in [5, 5.41) is 0.657. The SMILES string of the molecule is COCCOc1c(OC)ccc(C(=O)Cc2c(Cl)cncc2Cl)c1OC. The number of pyridine rings is 1. The van der Waals surface area contributed by atoms with Gasteiger partial charge in [-0.3, -0.25) is 9.78 Å². The summed E-state index contributed by atoms with van der Waals surface area (Å²) in [5.41, 5.74) is 0.845. The standard InChI is InChI=1S/C18H19Cl2NO5/c1-23-6-7-26-18-16(24-2)5-4-11(17(18)25-3)15(22)8-12-13(19)9-21-10-14(12)20/h4-5,9-10H,6-8H2,1-3H3. The normalized spacial score (nSPS) is 10.5. The maximum absolute atomic E-state index is 12.8. The Hall–Kier alpha value is -2.02. The molecule has 2 rings (SSSR count). The van der Waals surface area contributed by atoms with Crippen molar-refractivity contribution in [3.8, 4) is 17.2 Å². The van der Waals surface area contributed by atoms with E-state index in [1.807, 2.05) is 0 Å². The first kappa shape index (κ1) is 20.3. The fourth-order valence-electron chi connectivity index (χ4n) is 2.35. The summed E-state index contributed by atoms with van der Waals surface area (Å²) in [6, 6.07) is 3.26. The number of carbonyl (C=O) groups excluding carboxylic acids is 1. The van der Waals surface area contributed by atoms with E-state index in [-0.39, 0.29) is 24.6 Å². The smallest absolute Gasteiger partial charge is 0.204 e. The van der Waals surface area contributed by atoms with Gasteiger partial charge < -0.3 is 18.9 Å². The third-order valence-electron chi connectivity index (χ3n) is 3.62. The highest BCUT2D eigenvalue weighted by molar-refractivity contribution is 6.36. The molecule has 8 heteroatoms.